The van der Waals surface area contributed by atoms with Crippen LogP contribution in [-0.2, 0) is 30.7 Å². The van der Waals surface area contributed by atoms with Crippen molar-refractivity contribution in [2.75, 3.05) is 6.54 Å². The largest absolute Gasteiger partial charge is 0.481 e. The maximum Gasteiger partial charge on any atom is 0.310 e. The Bertz CT molecular complexity index is 1630. The lowest BCUT2D eigenvalue weighted by Crippen LogP contribution is -2.37. The fourth-order valence-corrected chi connectivity index (χ4v) is 6.24. The number of rotatable bonds is 2. The number of carbonyl (C=O) groups is 2. The second-order valence-electron chi connectivity index (χ2n) is 11.7. The predicted molar refractivity (Wildman–Crippen MR) is 150 cm³/mol. The zero-order valence-corrected chi connectivity index (χ0v) is 22.9. The molecule has 0 saturated heterocycles. The average molecular weight is 541 g/mol. The van der Waals surface area contributed by atoms with Gasteiger partial charge in [0.1, 0.15) is 11.3 Å². The number of hydrogen-bond acceptors (Lipinski definition) is 4. The summed E-state index contributed by atoms with van der Waals surface area (Å²) in [6, 6.07) is 17.0. The molecule has 8 heteroatoms. The fourth-order valence-electron chi connectivity index (χ4n) is 6.24. The Labute approximate surface area is 232 Å². The molecule has 1 aromatic heterocycles. The van der Waals surface area contributed by atoms with E-state index < -0.39 is 23.1 Å². The van der Waals surface area contributed by atoms with Crippen LogP contribution in [-0.4, -0.2) is 43.4 Å². The summed E-state index contributed by atoms with van der Waals surface area (Å²) in [4.78, 5) is 27.6. The van der Waals surface area contributed by atoms with Crippen LogP contribution in [0.4, 0.5) is 4.39 Å². The molecule has 0 saturated carbocycles. The first-order valence-corrected chi connectivity index (χ1v) is 14.0. The third-order valence-corrected chi connectivity index (χ3v) is 8.61. The minimum Gasteiger partial charge on any atom is -0.481 e. The Hall–Kier alpha value is -4.07. The molecule has 7 nitrogen and oxygen atoms in total. The number of aryl methyl sites for hydroxylation is 2. The monoisotopic (exact) mass is 540 g/mol. The van der Waals surface area contributed by atoms with Crippen LogP contribution in [0.3, 0.4) is 0 Å². The zero-order valence-electron chi connectivity index (χ0n) is 22.9. The van der Waals surface area contributed by atoms with Crippen LogP contribution in [0.1, 0.15) is 77.2 Å². The Morgan fingerprint density at radius 2 is 1.75 bits per heavy atom. The lowest BCUT2D eigenvalue weighted by molar-refractivity contribution is -0.147. The molecule has 0 spiro atoms. The molecule has 0 fully saturated rings. The van der Waals surface area contributed by atoms with E-state index >= 15 is 4.39 Å². The zero-order chi connectivity index (χ0) is 28.0. The molecule has 5 aliphatic rings. The van der Waals surface area contributed by atoms with Gasteiger partial charge in [0.25, 0.3) is 5.91 Å². The van der Waals surface area contributed by atoms with Crippen molar-refractivity contribution in [1.29, 1.82) is 0 Å². The summed E-state index contributed by atoms with van der Waals surface area (Å²) in [6.07, 6.45) is 4.15. The van der Waals surface area contributed by atoms with Gasteiger partial charge in [-0.3, -0.25) is 9.59 Å². The van der Waals surface area contributed by atoms with Gasteiger partial charge < -0.3 is 10.0 Å². The molecule has 3 aromatic carbocycles. The minimum absolute atomic E-state index is 0.0923. The van der Waals surface area contributed by atoms with Gasteiger partial charge in [-0.05, 0) is 91.6 Å². The molecule has 206 valence electrons. The summed E-state index contributed by atoms with van der Waals surface area (Å²) in [5.41, 5.74) is 5.29. The van der Waals surface area contributed by atoms with Gasteiger partial charge in [-0.25, -0.2) is 9.07 Å². The van der Waals surface area contributed by atoms with Gasteiger partial charge in [0.05, 0.1) is 16.5 Å². The third kappa shape index (κ3) is 4.65. The van der Waals surface area contributed by atoms with Gasteiger partial charge in [0.2, 0.25) is 0 Å². The summed E-state index contributed by atoms with van der Waals surface area (Å²) >= 11 is 0. The van der Waals surface area contributed by atoms with E-state index in [4.69, 9.17) is 0 Å². The van der Waals surface area contributed by atoms with Crippen molar-refractivity contribution in [3.63, 3.8) is 0 Å². The summed E-state index contributed by atoms with van der Waals surface area (Å²) in [6.45, 7) is 5.04. The van der Waals surface area contributed by atoms with Crippen molar-refractivity contribution in [3.8, 4) is 0 Å². The molecule has 0 radical (unpaired) electrons. The van der Waals surface area contributed by atoms with Gasteiger partial charge in [0, 0.05) is 25.6 Å². The summed E-state index contributed by atoms with van der Waals surface area (Å²) in [5, 5.41) is 19.1. The number of amides is 1. The molecular weight excluding hydrogens is 507 g/mol. The normalized spacial score (nSPS) is 18.0. The number of carboxylic acid groups (broad SMARTS) is 1. The molecule has 1 N–H and O–H groups in total. The topological polar surface area (TPSA) is 88.3 Å². The van der Waals surface area contributed by atoms with Crippen LogP contribution < -0.4 is 0 Å². The Balaban J connectivity index is 1.47. The smallest absolute Gasteiger partial charge is 0.310 e. The van der Waals surface area contributed by atoms with Crippen LogP contribution in [0, 0.1) is 11.2 Å². The predicted octanol–water partition coefficient (Wildman–Crippen LogP) is 5.74. The molecule has 1 atom stereocenters. The van der Waals surface area contributed by atoms with E-state index in [1.807, 2.05) is 47.1 Å². The Kier molecular flexibility index (Phi) is 6.64. The van der Waals surface area contributed by atoms with Crippen molar-refractivity contribution in [3.05, 3.63) is 93.8 Å². The molecule has 1 amide bonds. The molecule has 9 rings (SSSR count). The van der Waals surface area contributed by atoms with E-state index in [-0.39, 0.29) is 11.5 Å². The van der Waals surface area contributed by atoms with Gasteiger partial charge in [-0.1, -0.05) is 42.0 Å². The first-order valence-electron chi connectivity index (χ1n) is 14.0. The maximum atomic E-state index is 15.1. The number of halogens is 1. The standard InChI is InChI=1S/C32H33FN4O3/c1-32(2,31(39)40)29-22-9-8-21-13-15-36(19-24(21)17-22)30(38)25-11-7-20(16-26(25)33)6-4-3-5-14-37-28-12-10-23(29)18-27(28)34-35-37/h7-12,16-18,29H,3-6,13-15,19H2,1-2H3,(H,39,40). The van der Waals surface area contributed by atoms with Gasteiger partial charge >= 0.3 is 5.97 Å². The summed E-state index contributed by atoms with van der Waals surface area (Å²) in [5.74, 6) is -2.17. The number of hydrogen-bond donors (Lipinski definition) is 1. The van der Waals surface area contributed by atoms with E-state index in [9.17, 15) is 14.7 Å². The molecule has 5 aliphatic heterocycles. The van der Waals surface area contributed by atoms with Crippen molar-refractivity contribution < 1.29 is 19.1 Å². The van der Waals surface area contributed by atoms with Crippen molar-refractivity contribution in [2.45, 2.75) is 65.0 Å². The SMILES string of the molecule is CC(C)(C(=O)O)C1c2ccc3c(c2)CN(CC3)C(=O)c2ccc(cc2F)CCCCCn2nnc3cc1ccc32. The van der Waals surface area contributed by atoms with Gasteiger partial charge in [-0.15, -0.1) is 5.10 Å². The second-order valence-corrected chi connectivity index (χ2v) is 11.7. The number of carbonyl (C=O) groups excluding carboxylic acids is 1. The molecule has 4 aromatic rings. The lowest BCUT2D eigenvalue weighted by Gasteiger charge is -2.34. The minimum atomic E-state index is -1.12. The molecule has 9 bridgehead atoms. The molecule has 0 aliphatic carbocycles. The van der Waals surface area contributed by atoms with Crippen LogP contribution in [0.15, 0.2) is 54.6 Å². The lowest BCUT2D eigenvalue weighted by atomic mass is 9.70. The molecule has 6 heterocycles. The van der Waals surface area contributed by atoms with Crippen molar-refractivity contribution in [1.82, 2.24) is 19.9 Å². The van der Waals surface area contributed by atoms with E-state index in [0.29, 0.717) is 26.1 Å². The molecule has 40 heavy (non-hydrogen) atoms. The van der Waals surface area contributed by atoms with Crippen LogP contribution >= 0.6 is 0 Å². The average Bonchev–Trinajstić information content (AvgIpc) is 3.34. The van der Waals surface area contributed by atoms with Crippen molar-refractivity contribution >= 4 is 22.9 Å². The highest BCUT2D eigenvalue weighted by Gasteiger charge is 2.39. The number of carboxylic acids is 1. The Morgan fingerprint density at radius 1 is 0.950 bits per heavy atom. The first-order chi connectivity index (χ1) is 19.2. The number of aromatic nitrogens is 3. The van der Waals surface area contributed by atoms with Crippen LogP contribution in [0.25, 0.3) is 11.0 Å². The highest BCUT2D eigenvalue weighted by Crippen LogP contribution is 2.43. The molecular formula is C32H33FN4O3. The second kappa shape index (κ2) is 10.2. The van der Waals surface area contributed by atoms with E-state index in [2.05, 4.69) is 10.3 Å². The van der Waals surface area contributed by atoms with Gasteiger partial charge in [-0.2, -0.15) is 0 Å². The quantitative estimate of drug-likeness (QED) is 0.350. The van der Waals surface area contributed by atoms with Crippen molar-refractivity contribution in [2.24, 2.45) is 5.41 Å². The number of benzene rings is 3. The third-order valence-electron chi connectivity index (χ3n) is 8.61. The van der Waals surface area contributed by atoms with E-state index in [0.717, 1.165) is 64.5 Å². The number of nitrogens with zero attached hydrogens (tertiary/aromatic N) is 4. The van der Waals surface area contributed by atoms with E-state index in [1.165, 1.54) is 6.07 Å². The summed E-state index contributed by atoms with van der Waals surface area (Å²) in [7, 11) is 0. The highest BCUT2D eigenvalue weighted by molar-refractivity contribution is 5.94. The number of aliphatic carboxylic acids is 1. The highest BCUT2D eigenvalue weighted by atomic mass is 19.1. The maximum absolute atomic E-state index is 15.1. The fraction of sp³-hybridized carbons (Fsp3) is 0.375. The first kappa shape index (κ1) is 26.2. The Morgan fingerprint density at radius 3 is 2.55 bits per heavy atom. The molecule has 1 unspecified atom stereocenters. The van der Waals surface area contributed by atoms with Crippen LogP contribution in [0.5, 0.6) is 0 Å². The van der Waals surface area contributed by atoms with Crippen LogP contribution in [0.2, 0.25) is 0 Å². The van der Waals surface area contributed by atoms with E-state index in [1.54, 1.807) is 24.8 Å². The summed E-state index contributed by atoms with van der Waals surface area (Å²) < 4.78 is 17.0. The van der Waals surface area contributed by atoms with Gasteiger partial charge in [0.15, 0.2) is 0 Å².